The number of ether oxygens (including phenoxy) is 2. The number of nitrogens with one attached hydrogen (secondary N) is 1. The van der Waals surface area contributed by atoms with E-state index in [1.807, 2.05) is 22.8 Å². The first-order valence-electron chi connectivity index (χ1n) is 9.33. The van der Waals surface area contributed by atoms with Crippen molar-refractivity contribution in [3.05, 3.63) is 72.2 Å². The summed E-state index contributed by atoms with van der Waals surface area (Å²) in [6.45, 7) is 0.518. The van der Waals surface area contributed by atoms with Gasteiger partial charge in [0.25, 0.3) is 0 Å². The second kappa shape index (κ2) is 8.17. The van der Waals surface area contributed by atoms with Crippen molar-refractivity contribution in [3.63, 3.8) is 0 Å². The first-order chi connectivity index (χ1) is 14.9. The molecule has 0 atom stereocenters. The Morgan fingerprint density at radius 2 is 1.77 bits per heavy atom. The number of rotatable bonds is 6. The molecule has 1 N–H and O–H groups in total. The highest BCUT2D eigenvalue weighted by Gasteiger charge is 2.30. The van der Waals surface area contributed by atoms with Gasteiger partial charge in [-0.25, -0.2) is 9.97 Å². The van der Waals surface area contributed by atoms with E-state index < -0.39 is 11.7 Å². The lowest BCUT2D eigenvalue weighted by molar-refractivity contribution is -0.137. The molecule has 4 rings (SSSR count). The summed E-state index contributed by atoms with van der Waals surface area (Å²) in [6, 6.07) is 12.4. The number of hydrogen-bond acceptors (Lipinski definition) is 5. The van der Waals surface area contributed by atoms with Crippen LogP contribution in [0, 0.1) is 0 Å². The molecule has 31 heavy (non-hydrogen) atoms. The van der Waals surface area contributed by atoms with Crippen molar-refractivity contribution in [2.45, 2.75) is 12.7 Å². The van der Waals surface area contributed by atoms with Gasteiger partial charge in [0.1, 0.15) is 11.3 Å². The van der Waals surface area contributed by atoms with Crippen LogP contribution >= 0.6 is 0 Å². The third-order valence-electron chi connectivity index (χ3n) is 4.77. The smallest absolute Gasteiger partial charge is 0.416 e. The summed E-state index contributed by atoms with van der Waals surface area (Å²) in [7, 11) is 3.15. The maximum Gasteiger partial charge on any atom is 0.416 e. The molecule has 0 aliphatic heterocycles. The van der Waals surface area contributed by atoms with E-state index in [-0.39, 0.29) is 0 Å². The molecular weight excluding hydrogens is 409 g/mol. The molecule has 0 bridgehead atoms. The van der Waals surface area contributed by atoms with Gasteiger partial charge >= 0.3 is 6.18 Å². The van der Waals surface area contributed by atoms with E-state index in [4.69, 9.17) is 9.47 Å². The molecule has 2 aromatic carbocycles. The number of imidazole rings is 1. The SMILES string of the molecule is COc1ccc(Cn2cnc3cnc(Nc4cccc(C(F)(F)F)c4)cc32)cc1OC. The average molecular weight is 428 g/mol. The molecule has 0 amide bonds. The fourth-order valence-corrected chi connectivity index (χ4v) is 3.25. The number of nitrogens with zero attached hydrogens (tertiary/aromatic N) is 3. The summed E-state index contributed by atoms with van der Waals surface area (Å²) in [4.78, 5) is 8.61. The van der Waals surface area contributed by atoms with Crippen molar-refractivity contribution >= 4 is 22.5 Å². The van der Waals surface area contributed by atoms with Crippen LogP contribution in [0.25, 0.3) is 11.0 Å². The van der Waals surface area contributed by atoms with Gasteiger partial charge in [0.15, 0.2) is 11.5 Å². The highest BCUT2D eigenvalue weighted by Crippen LogP contribution is 2.32. The van der Waals surface area contributed by atoms with Gasteiger partial charge in [0, 0.05) is 18.3 Å². The highest BCUT2D eigenvalue weighted by atomic mass is 19.4. The molecule has 9 heteroatoms. The molecule has 160 valence electrons. The highest BCUT2D eigenvalue weighted by molar-refractivity contribution is 5.78. The molecule has 0 unspecified atom stereocenters. The largest absolute Gasteiger partial charge is 0.493 e. The number of pyridine rings is 1. The minimum Gasteiger partial charge on any atom is -0.493 e. The van der Waals surface area contributed by atoms with Crippen molar-refractivity contribution < 1.29 is 22.6 Å². The lowest BCUT2D eigenvalue weighted by Gasteiger charge is -2.12. The topological polar surface area (TPSA) is 61.2 Å². The fourth-order valence-electron chi connectivity index (χ4n) is 3.25. The monoisotopic (exact) mass is 428 g/mol. The van der Waals surface area contributed by atoms with Gasteiger partial charge in [-0.2, -0.15) is 13.2 Å². The van der Waals surface area contributed by atoms with Gasteiger partial charge in [-0.3, -0.25) is 0 Å². The van der Waals surface area contributed by atoms with E-state index in [0.29, 0.717) is 35.1 Å². The number of alkyl halides is 3. The minimum atomic E-state index is -4.41. The Hall–Kier alpha value is -3.75. The third-order valence-corrected chi connectivity index (χ3v) is 4.77. The van der Waals surface area contributed by atoms with Gasteiger partial charge in [-0.1, -0.05) is 12.1 Å². The van der Waals surface area contributed by atoms with Crippen molar-refractivity contribution in [1.82, 2.24) is 14.5 Å². The van der Waals surface area contributed by atoms with E-state index in [1.54, 1.807) is 38.9 Å². The van der Waals surface area contributed by atoms with Crippen molar-refractivity contribution in [2.75, 3.05) is 19.5 Å². The number of halogens is 3. The number of fused-ring (bicyclic) bond motifs is 1. The zero-order chi connectivity index (χ0) is 22.0. The zero-order valence-corrected chi connectivity index (χ0v) is 16.8. The standard InChI is InChI=1S/C22H19F3N4O2/c1-30-19-7-6-14(8-20(19)31-2)12-29-13-27-17-11-26-21(10-18(17)29)28-16-5-3-4-15(9-16)22(23,24)25/h3-11,13H,12H2,1-2H3,(H,26,28). The minimum absolute atomic E-state index is 0.299. The molecule has 0 fully saturated rings. The third kappa shape index (κ3) is 4.40. The Kier molecular flexibility index (Phi) is 5.41. The van der Waals surface area contributed by atoms with E-state index in [2.05, 4.69) is 15.3 Å². The maximum atomic E-state index is 13.0. The van der Waals surface area contributed by atoms with Crippen LogP contribution < -0.4 is 14.8 Å². The molecule has 0 saturated heterocycles. The lowest BCUT2D eigenvalue weighted by atomic mass is 10.2. The van der Waals surface area contributed by atoms with Gasteiger partial charge in [-0.15, -0.1) is 0 Å². The number of aromatic nitrogens is 3. The van der Waals surface area contributed by atoms with E-state index in [0.717, 1.165) is 23.2 Å². The Morgan fingerprint density at radius 1 is 0.968 bits per heavy atom. The van der Waals surface area contributed by atoms with Gasteiger partial charge in [0.2, 0.25) is 0 Å². The molecule has 0 radical (unpaired) electrons. The molecule has 4 aromatic rings. The molecule has 0 aliphatic rings. The summed E-state index contributed by atoms with van der Waals surface area (Å²) in [5, 5.41) is 2.93. The number of benzene rings is 2. The molecule has 0 aliphatic carbocycles. The summed E-state index contributed by atoms with van der Waals surface area (Å²) < 4.78 is 51.4. The zero-order valence-electron chi connectivity index (χ0n) is 16.8. The normalized spacial score (nSPS) is 11.5. The predicted molar refractivity (Wildman–Crippen MR) is 111 cm³/mol. The van der Waals surface area contributed by atoms with Crippen LogP contribution in [0.1, 0.15) is 11.1 Å². The summed E-state index contributed by atoms with van der Waals surface area (Å²) in [6.07, 6.45) is -1.14. The number of hydrogen-bond donors (Lipinski definition) is 1. The Morgan fingerprint density at radius 3 is 2.52 bits per heavy atom. The first kappa shape index (κ1) is 20.5. The molecule has 0 saturated carbocycles. The Bertz CT molecular complexity index is 1220. The van der Waals surface area contributed by atoms with E-state index >= 15 is 0 Å². The van der Waals surface area contributed by atoms with Gasteiger partial charge in [-0.05, 0) is 35.9 Å². The molecule has 6 nitrogen and oxygen atoms in total. The van der Waals surface area contributed by atoms with Crippen molar-refractivity contribution in [2.24, 2.45) is 0 Å². The second-order valence-electron chi connectivity index (χ2n) is 6.82. The van der Waals surface area contributed by atoms with Gasteiger partial charge in [0.05, 0.1) is 37.8 Å². The van der Waals surface area contributed by atoms with Crippen LogP contribution in [0.4, 0.5) is 24.7 Å². The fraction of sp³-hybridized carbons (Fsp3) is 0.182. The Labute approximate surface area is 176 Å². The van der Waals surface area contributed by atoms with Crippen LogP contribution in [0.3, 0.4) is 0 Å². The summed E-state index contributed by atoms with van der Waals surface area (Å²) in [5.41, 5.74) is 2.01. The van der Waals surface area contributed by atoms with E-state index in [9.17, 15) is 13.2 Å². The van der Waals surface area contributed by atoms with E-state index in [1.165, 1.54) is 6.07 Å². The lowest BCUT2D eigenvalue weighted by Crippen LogP contribution is -2.05. The molecule has 2 aromatic heterocycles. The molecule has 2 heterocycles. The molecule has 0 spiro atoms. The van der Waals surface area contributed by atoms with Crippen LogP contribution in [0.2, 0.25) is 0 Å². The number of methoxy groups -OCH3 is 2. The molecular formula is C22H19F3N4O2. The second-order valence-corrected chi connectivity index (χ2v) is 6.82. The van der Waals surface area contributed by atoms with Crippen LogP contribution in [0.5, 0.6) is 11.5 Å². The van der Waals surface area contributed by atoms with Crippen molar-refractivity contribution in [1.29, 1.82) is 0 Å². The number of anilines is 2. The van der Waals surface area contributed by atoms with Crippen LogP contribution in [-0.4, -0.2) is 28.8 Å². The van der Waals surface area contributed by atoms with Crippen LogP contribution in [-0.2, 0) is 12.7 Å². The van der Waals surface area contributed by atoms with Crippen molar-refractivity contribution in [3.8, 4) is 11.5 Å². The summed E-state index contributed by atoms with van der Waals surface area (Å²) >= 11 is 0. The predicted octanol–water partition coefficient (Wildman–Crippen LogP) is 5.26. The summed E-state index contributed by atoms with van der Waals surface area (Å²) in [5.74, 6) is 1.68. The quantitative estimate of drug-likeness (QED) is 0.454. The Balaban J connectivity index is 1.61. The van der Waals surface area contributed by atoms with Gasteiger partial charge < -0.3 is 19.4 Å². The average Bonchev–Trinajstić information content (AvgIpc) is 3.15. The van der Waals surface area contributed by atoms with Crippen LogP contribution in [0.15, 0.2) is 61.1 Å². The first-order valence-corrected chi connectivity index (χ1v) is 9.33. The maximum absolute atomic E-state index is 13.0.